The molecule has 3 aromatic carbocycles. The Morgan fingerprint density at radius 3 is 2.00 bits per heavy atom. The molecule has 3 heterocycles. The minimum absolute atomic E-state index is 0.0341. The number of carbonyl (C=O) groups is 9. The Morgan fingerprint density at radius 2 is 1.31 bits per heavy atom. The van der Waals surface area contributed by atoms with Gasteiger partial charge in [0, 0.05) is 72.9 Å². The molecule has 1 fully saturated rings. The van der Waals surface area contributed by atoms with E-state index in [1.807, 2.05) is 30.3 Å². The second-order valence-corrected chi connectivity index (χ2v) is 28.6. The molecule has 1 saturated heterocycles. The van der Waals surface area contributed by atoms with Crippen LogP contribution < -0.4 is 47.9 Å². The van der Waals surface area contributed by atoms with E-state index in [2.05, 4.69) is 57.8 Å². The maximum atomic E-state index is 15.2. The van der Waals surface area contributed by atoms with E-state index in [1.54, 1.807) is 109 Å². The Labute approximate surface area is 545 Å². The summed E-state index contributed by atoms with van der Waals surface area (Å²) >= 11 is 0. The number of para-hydroxylation sites is 1. The minimum Gasteiger partial charge on any atom is -0.508 e. The average Bonchev–Trinajstić information content (AvgIpc) is 2.06. The van der Waals surface area contributed by atoms with Gasteiger partial charge in [0.2, 0.25) is 41.4 Å². The topological polar surface area (TPSA) is 349 Å². The molecule has 0 radical (unpaired) electrons. The van der Waals surface area contributed by atoms with E-state index in [4.69, 9.17) is 9.47 Å². The zero-order valence-corrected chi connectivity index (χ0v) is 55.2. The van der Waals surface area contributed by atoms with Crippen LogP contribution in [0.1, 0.15) is 90.8 Å². The quantitative estimate of drug-likeness (QED) is 0.0300. The van der Waals surface area contributed by atoms with Crippen molar-refractivity contribution in [1.82, 2.24) is 57.8 Å². The molecule has 28 heteroatoms. The standard InChI is InChI=1S/C63H83N11O13S4/c1-38(75)52-59(83)72-49(53(77)65-30-31-88-91-51-23-15-17-28-64-51)36-89-90-37-50(71-56(80)47(32-39-18-10-8-11-19-39)73-61(85)87-63(5,6)7)58(82)69-46(33-40-24-26-42(76)27-25-40)55(79)70-48(34-41-35-67-44-21-14-13-20-43(41)44)57(81)68-45(54(78)74-52)22-12-9-16-29-66-60(84)86-62(2,3)4/h8,10-11,13-15,17-21,23-28,35,38,45-50,52,67,75-76H,9,12,16,22,29-34,36-37H2,1-7H3,(H,65,77)(H,66,84)(H,68,81)(H,69,82)(H,70,79)(H,71,80)(H,72,83)(H,73,85)(H,74,78)/t38-,45+,46+,47-,48-,49+,50+,52+/m1/s1. The number of aromatic amines is 1. The van der Waals surface area contributed by atoms with Gasteiger partial charge in [0.05, 0.1) is 6.10 Å². The predicted octanol–water partition coefficient (Wildman–Crippen LogP) is 5.52. The molecule has 1 aliphatic heterocycles. The molecular weight excluding hydrogens is 1250 g/mol. The number of amides is 9. The highest BCUT2D eigenvalue weighted by Gasteiger charge is 2.37. The second kappa shape index (κ2) is 35.8. The van der Waals surface area contributed by atoms with Gasteiger partial charge in [0.1, 0.15) is 64.3 Å². The molecule has 2 aromatic heterocycles. The number of aliphatic hydroxyl groups excluding tert-OH is 1. The number of alkyl carbamates (subject to hydrolysis) is 2. The normalized spacial score (nSPS) is 19.8. The third-order valence-corrected chi connectivity index (χ3v) is 18.3. The lowest BCUT2D eigenvalue weighted by Crippen LogP contribution is -2.62. The van der Waals surface area contributed by atoms with Gasteiger partial charge in [-0.25, -0.2) is 14.6 Å². The fourth-order valence-corrected chi connectivity index (χ4v) is 13.3. The van der Waals surface area contributed by atoms with Crippen molar-refractivity contribution in [2.24, 2.45) is 0 Å². The lowest BCUT2D eigenvalue weighted by Gasteiger charge is -2.29. The second-order valence-electron chi connectivity index (χ2n) is 23.6. The number of phenolic OH excluding ortho intramolecular Hbond substituents is 1. The number of rotatable bonds is 22. The van der Waals surface area contributed by atoms with Crippen LogP contribution in [-0.2, 0) is 62.3 Å². The van der Waals surface area contributed by atoms with Crippen molar-refractivity contribution in [2.75, 3.05) is 30.3 Å². The Hall–Kier alpha value is -7.66. The molecule has 0 unspecified atom stereocenters. The SMILES string of the molecule is C[C@@H](O)[C@@H]1NC(=O)[C@H](CCCCCNC(=O)OC(C)(C)C)NC(=O)[C@@H](Cc2c[nH]c3ccccc23)NC(=O)[C@H](Cc2ccc(O)cc2)NC(=O)[C@@H](NC(=O)[C@@H](Cc2ccccc2)NC(=O)OC(C)(C)C)CSSC[C@@H](C(=O)NCCSSc2ccccn2)NC1=O. The van der Waals surface area contributed by atoms with Crippen molar-refractivity contribution in [2.45, 2.75) is 158 Å². The molecule has 1 aliphatic rings. The number of H-pyrrole nitrogens is 1. The van der Waals surface area contributed by atoms with E-state index in [1.165, 1.54) is 40.6 Å². The van der Waals surface area contributed by atoms with E-state index >= 15 is 14.4 Å². The van der Waals surface area contributed by atoms with E-state index in [0.29, 0.717) is 35.3 Å². The summed E-state index contributed by atoms with van der Waals surface area (Å²) in [6.45, 7) is 11.8. The number of hydrogen-bond acceptors (Lipinski definition) is 18. The first-order valence-corrected chi connectivity index (χ1v) is 34.7. The fourth-order valence-electron chi connectivity index (χ4n) is 9.18. The molecule has 0 saturated carbocycles. The maximum Gasteiger partial charge on any atom is 0.408 e. The Bertz CT molecular complexity index is 3220. The van der Waals surface area contributed by atoms with Gasteiger partial charge in [0.25, 0.3) is 0 Å². The summed E-state index contributed by atoms with van der Waals surface area (Å²) in [6, 6.07) is 17.3. The van der Waals surface area contributed by atoms with Crippen LogP contribution in [0.3, 0.4) is 0 Å². The number of pyridine rings is 1. The zero-order valence-electron chi connectivity index (χ0n) is 52.0. The molecule has 6 rings (SSSR count). The van der Waals surface area contributed by atoms with Crippen molar-refractivity contribution in [3.63, 3.8) is 0 Å². The van der Waals surface area contributed by atoms with E-state index < -0.39 is 113 Å². The fraction of sp³-hybridized carbons (Fsp3) is 0.460. The molecule has 9 amide bonds. The summed E-state index contributed by atoms with van der Waals surface area (Å²) < 4.78 is 10.9. The predicted molar refractivity (Wildman–Crippen MR) is 354 cm³/mol. The van der Waals surface area contributed by atoms with Crippen LogP contribution in [0.2, 0.25) is 0 Å². The van der Waals surface area contributed by atoms with Gasteiger partial charge >= 0.3 is 12.2 Å². The summed E-state index contributed by atoms with van der Waals surface area (Å²) in [5.74, 6) is -5.87. The number of ether oxygens (including phenoxy) is 2. The van der Waals surface area contributed by atoms with Gasteiger partial charge in [0.15, 0.2) is 0 Å². The van der Waals surface area contributed by atoms with Crippen LogP contribution in [0.15, 0.2) is 114 Å². The Kier molecular flexibility index (Phi) is 28.5. The number of unbranched alkanes of at least 4 members (excludes halogenated alkanes) is 2. The molecule has 24 nitrogen and oxygen atoms in total. The lowest BCUT2D eigenvalue weighted by atomic mass is 10.0. The van der Waals surface area contributed by atoms with Gasteiger partial charge in [-0.15, -0.1) is 0 Å². The average molecular weight is 1330 g/mol. The Balaban J connectivity index is 1.38. The molecule has 91 heavy (non-hydrogen) atoms. The molecule has 492 valence electrons. The largest absolute Gasteiger partial charge is 0.508 e. The molecule has 8 atom stereocenters. The number of aliphatic hydroxyl groups is 1. The highest BCUT2D eigenvalue weighted by molar-refractivity contribution is 8.77. The third-order valence-electron chi connectivity index (χ3n) is 13.6. The minimum atomic E-state index is -1.68. The zero-order chi connectivity index (χ0) is 66.1. The number of carbonyl (C=O) groups excluding carboxylic acids is 9. The molecule has 12 N–H and O–H groups in total. The summed E-state index contributed by atoms with van der Waals surface area (Å²) in [5, 5.41) is 47.7. The van der Waals surface area contributed by atoms with Crippen LogP contribution in [0, 0.1) is 0 Å². The number of nitrogens with one attached hydrogen (secondary N) is 10. The molecule has 0 bridgehead atoms. The monoisotopic (exact) mass is 1330 g/mol. The number of aromatic hydroxyl groups is 1. The number of nitrogens with zero attached hydrogens (tertiary/aromatic N) is 1. The number of benzene rings is 3. The van der Waals surface area contributed by atoms with Crippen LogP contribution in [0.4, 0.5) is 9.59 Å². The highest BCUT2D eigenvalue weighted by atomic mass is 33.1. The van der Waals surface area contributed by atoms with E-state index in [9.17, 15) is 39.0 Å². The van der Waals surface area contributed by atoms with Gasteiger partial charge in [-0.05, 0) is 119 Å². The lowest BCUT2D eigenvalue weighted by molar-refractivity contribution is -0.136. The number of phenols is 1. The highest BCUT2D eigenvalue weighted by Crippen LogP contribution is 2.29. The molecule has 0 spiro atoms. The van der Waals surface area contributed by atoms with Crippen molar-refractivity contribution in [3.05, 3.63) is 126 Å². The summed E-state index contributed by atoms with van der Waals surface area (Å²) in [6.07, 6.45) is 1.01. The van der Waals surface area contributed by atoms with Crippen LogP contribution in [0.5, 0.6) is 5.75 Å². The molecule has 0 aliphatic carbocycles. The van der Waals surface area contributed by atoms with Crippen molar-refractivity contribution >= 4 is 108 Å². The van der Waals surface area contributed by atoms with Gasteiger partial charge in [-0.2, -0.15) is 0 Å². The first-order chi connectivity index (χ1) is 43.3. The smallest absolute Gasteiger partial charge is 0.408 e. The molecular formula is C63H83N11O13S4. The number of aromatic nitrogens is 2. The van der Waals surface area contributed by atoms with Crippen LogP contribution >= 0.6 is 43.2 Å². The third kappa shape index (κ3) is 25.5. The summed E-state index contributed by atoms with van der Waals surface area (Å²) in [5.41, 5.74) is 0.777. The van der Waals surface area contributed by atoms with Gasteiger partial charge < -0.3 is 72.5 Å². The first kappa shape index (κ1) is 72.4. The molecule has 5 aromatic rings. The first-order valence-electron chi connectivity index (χ1n) is 29.9. The van der Waals surface area contributed by atoms with Crippen molar-refractivity contribution in [1.29, 1.82) is 0 Å². The summed E-state index contributed by atoms with van der Waals surface area (Å²) in [7, 11) is 4.92. The van der Waals surface area contributed by atoms with Gasteiger partial charge in [-0.3, -0.25) is 33.6 Å². The summed E-state index contributed by atoms with van der Waals surface area (Å²) in [4.78, 5) is 137. The van der Waals surface area contributed by atoms with Crippen molar-refractivity contribution in [3.8, 4) is 5.75 Å². The number of hydrogen-bond donors (Lipinski definition) is 12. The van der Waals surface area contributed by atoms with Gasteiger partial charge in [-0.1, -0.05) is 112 Å². The Morgan fingerprint density at radius 1 is 0.670 bits per heavy atom. The van der Waals surface area contributed by atoms with Crippen molar-refractivity contribution < 1.29 is 62.8 Å². The van der Waals surface area contributed by atoms with Crippen LogP contribution in [0.25, 0.3) is 10.9 Å². The number of fused-ring (bicyclic) bond motifs is 1. The van der Waals surface area contributed by atoms with E-state index in [-0.39, 0.29) is 62.4 Å². The van der Waals surface area contributed by atoms with Crippen LogP contribution in [-0.4, -0.2) is 164 Å². The van der Waals surface area contributed by atoms with E-state index in [0.717, 1.165) is 37.5 Å². The maximum absolute atomic E-state index is 15.2.